The van der Waals surface area contributed by atoms with Gasteiger partial charge in [-0.05, 0) is 38.5 Å². The molecule has 1 atom stereocenters. The van der Waals surface area contributed by atoms with Crippen molar-refractivity contribution in [3.8, 4) is 0 Å². The van der Waals surface area contributed by atoms with Gasteiger partial charge in [-0.25, -0.2) is 18.4 Å². The van der Waals surface area contributed by atoms with Crippen molar-refractivity contribution in [1.29, 1.82) is 0 Å². The third-order valence-electron chi connectivity index (χ3n) is 5.44. The molecule has 2 aliphatic heterocycles. The summed E-state index contributed by atoms with van der Waals surface area (Å²) >= 11 is 0. The van der Waals surface area contributed by atoms with E-state index >= 15 is 0 Å². The average molecular weight is 366 g/mol. The first-order valence-corrected chi connectivity index (χ1v) is 10.8. The molecule has 0 aliphatic carbocycles. The topological polar surface area (TPSA) is 83.5 Å². The number of nitrogens with zero attached hydrogens (tertiary/aromatic N) is 4. The summed E-state index contributed by atoms with van der Waals surface area (Å²) in [6.45, 7) is 3.76. The monoisotopic (exact) mass is 366 g/mol. The van der Waals surface area contributed by atoms with E-state index in [2.05, 4.69) is 9.97 Å². The van der Waals surface area contributed by atoms with Gasteiger partial charge in [0, 0.05) is 31.9 Å². The summed E-state index contributed by atoms with van der Waals surface area (Å²) in [5.74, 6) is 0.298. The summed E-state index contributed by atoms with van der Waals surface area (Å²) in [5.41, 5.74) is 1.24. The SMILES string of the molecule is Cc1ncncc1C(=O)N1CCC([C@@H]2CCCCN2S(C)(=O)=O)CC1. The van der Waals surface area contributed by atoms with Gasteiger partial charge < -0.3 is 4.90 Å². The highest BCUT2D eigenvalue weighted by Gasteiger charge is 2.37. The van der Waals surface area contributed by atoms with Gasteiger partial charge in [0.1, 0.15) is 6.33 Å². The number of hydrogen-bond acceptors (Lipinski definition) is 5. The van der Waals surface area contributed by atoms with Crippen molar-refractivity contribution in [2.75, 3.05) is 25.9 Å². The number of carbonyl (C=O) groups is 1. The smallest absolute Gasteiger partial charge is 0.257 e. The van der Waals surface area contributed by atoms with Crippen LogP contribution in [0.4, 0.5) is 0 Å². The number of likely N-dealkylation sites (tertiary alicyclic amines) is 1. The highest BCUT2D eigenvalue weighted by molar-refractivity contribution is 7.88. The summed E-state index contributed by atoms with van der Waals surface area (Å²) in [5, 5.41) is 0. The largest absolute Gasteiger partial charge is 0.339 e. The van der Waals surface area contributed by atoms with E-state index in [9.17, 15) is 13.2 Å². The van der Waals surface area contributed by atoms with Crippen LogP contribution >= 0.6 is 0 Å². The molecule has 1 aromatic rings. The Kier molecular flexibility index (Phi) is 5.38. The number of carbonyl (C=O) groups excluding carboxylic acids is 1. The minimum Gasteiger partial charge on any atom is -0.339 e. The maximum atomic E-state index is 12.7. The van der Waals surface area contributed by atoms with Crippen LogP contribution in [0.5, 0.6) is 0 Å². The van der Waals surface area contributed by atoms with Crippen molar-refractivity contribution in [1.82, 2.24) is 19.2 Å². The highest BCUT2D eigenvalue weighted by atomic mass is 32.2. The maximum Gasteiger partial charge on any atom is 0.257 e. The third kappa shape index (κ3) is 4.00. The van der Waals surface area contributed by atoms with Gasteiger partial charge in [0.15, 0.2) is 0 Å². The molecule has 2 saturated heterocycles. The number of aryl methyl sites for hydroxylation is 1. The molecule has 3 rings (SSSR count). The Morgan fingerprint density at radius 2 is 1.88 bits per heavy atom. The van der Waals surface area contributed by atoms with Gasteiger partial charge in [-0.15, -0.1) is 0 Å². The van der Waals surface area contributed by atoms with Crippen LogP contribution in [0, 0.1) is 12.8 Å². The van der Waals surface area contributed by atoms with Crippen LogP contribution in [-0.4, -0.2) is 65.4 Å². The molecule has 7 nitrogen and oxygen atoms in total. The molecule has 0 radical (unpaired) electrons. The van der Waals surface area contributed by atoms with Crippen LogP contribution in [0.25, 0.3) is 0 Å². The van der Waals surface area contributed by atoms with Crippen LogP contribution in [0.1, 0.15) is 48.2 Å². The van der Waals surface area contributed by atoms with E-state index in [0.717, 1.165) is 32.1 Å². The first-order chi connectivity index (χ1) is 11.9. The van der Waals surface area contributed by atoms with Crippen molar-refractivity contribution in [3.63, 3.8) is 0 Å². The summed E-state index contributed by atoms with van der Waals surface area (Å²) < 4.78 is 25.9. The number of amides is 1. The van der Waals surface area contributed by atoms with Gasteiger partial charge in [0.2, 0.25) is 10.0 Å². The van der Waals surface area contributed by atoms with Crippen LogP contribution in [0.15, 0.2) is 12.5 Å². The predicted molar refractivity (Wildman–Crippen MR) is 94.6 cm³/mol. The molecule has 0 saturated carbocycles. The van der Waals surface area contributed by atoms with E-state index in [1.807, 2.05) is 11.8 Å². The molecule has 1 amide bonds. The number of piperidine rings is 2. The molecule has 138 valence electrons. The first kappa shape index (κ1) is 18.3. The first-order valence-electron chi connectivity index (χ1n) is 8.90. The molecular weight excluding hydrogens is 340 g/mol. The molecule has 0 N–H and O–H groups in total. The zero-order chi connectivity index (χ0) is 18.0. The average Bonchev–Trinajstić information content (AvgIpc) is 2.61. The molecule has 25 heavy (non-hydrogen) atoms. The van der Waals surface area contributed by atoms with Crippen LogP contribution in [0.3, 0.4) is 0 Å². The molecule has 0 unspecified atom stereocenters. The second-order valence-electron chi connectivity index (χ2n) is 7.09. The lowest BCUT2D eigenvalue weighted by molar-refractivity contribution is 0.0619. The Bertz CT molecular complexity index is 729. The van der Waals surface area contributed by atoms with Crippen molar-refractivity contribution in [3.05, 3.63) is 23.8 Å². The van der Waals surface area contributed by atoms with E-state index in [4.69, 9.17) is 0 Å². The van der Waals surface area contributed by atoms with Crippen LogP contribution in [-0.2, 0) is 10.0 Å². The Morgan fingerprint density at radius 1 is 1.16 bits per heavy atom. The third-order valence-corrected chi connectivity index (χ3v) is 6.74. The van der Waals surface area contributed by atoms with Gasteiger partial charge in [-0.2, -0.15) is 4.31 Å². The molecule has 2 aliphatic rings. The highest BCUT2D eigenvalue weighted by Crippen LogP contribution is 2.32. The minimum atomic E-state index is -3.17. The van der Waals surface area contributed by atoms with Gasteiger partial charge in [-0.1, -0.05) is 6.42 Å². The van der Waals surface area contributed by atoms with Crippen molar-refractivity contribution in [2.45, 2.75) is 45.1 Å². The standard InChI is InChI=1S/C17H26N4O3S/c1-13-15(11-18-12-19-13)17(22)20-9-6-14(7-10-20)16-5-3-4-8-21(16)25(2,23)24/h11-12,14,16H,3-10H2,1-2H3/t16-/m0/s1. The van der Waals surface area contributed by atoms with Gasteiger partial charge in [0.25, 0.3) is 5.91 Å². The fraction of sp³-hybridized carbons (Fsp3) is 0.706. The van der Waals surface area contributed by atoms with Gasteiger partial charge in [-0.3, -0.25) is 4.79 Å². The van der Waals surface area contributed by atoms with Gasteiger partial charge >= 0.3 is 0 Å². The molecule has 2 fully saturated rings. The number of hydrogen-bond donors (Lipinski definition) is 0. The Hall–Kier alpha value is -1.54. The molecule has 0 spiro atoms. The lowest BCUT2D eigenvalue weighted by Crippen LogP contribution is -2.50. The van der Waals surface area contributed by atoms with E-state index in [1.54, 1.807) is 10.5 Å². The van der Waals surface area contributed by atoms with Crippen molar-refractivity contribution < 1.29 is 13.2 Å². The molecule has 1 aromatic heterocycles. The fourth-order valence-electron chi connectivity index (χ4n) is 4.07. The van der Waals surface area contributed by atoms with Crippen molar-refractivity contribution >= 4 is 15.9 Å². The van der Waals surface area contributed by atoms with E-state index in [1.165, 1.54) is 12.6 Å². The van der Waals surface area contributed by atoms with Crippen LogP contribution in [0.2, 0.25) is 0 Å². The summed E-state index contributed by atoms with van der Waals surface area (Å²) in [6, 6.07) is 0.0859. The van der Waals surface area contributed by atoms with E-state index < -0.39 is 10.0 Å². The number of aromatic nitrogens is 2. The number of sulfonamides is 1. The predicted octanol–water partition coefficient (Wildman–Crippen LogP) is 1.45. The quantitative estimate of drug-likeness (QED) is 0.808. The zero-order valence-electron chi connectivity index (χ0n) is 14.9. The normalized spacial score (nSPS) is 23.6. The Balaban J connectivity index is 1.65. The maximum absolute atomic E-state index is 12.7. The molecule has 3 heterocycles. The zero-order valence-corrected chi connectivity index (χ0v) is 15.7. The van der Waals surface area contributed by atoms with Crippen molar-refractivity contribution in [2.24, 2.45) is 5.92 Å². The van der Waals surface area contributed by atoms with E-state index in [-0.39, 0.29) is 11.9 Å². The Morgan fingerprint density at radius 3 is 2.52 bits per heavy atom. The lowest BCUT2D eigenvalue weighted by Gasteiger charge is -2.42. The van der Waals surface area contributed by atoms with Crippen LogP contribution < -0.4 is 0 Å². The summed E-state index contributed by atoms with van der Waals surface area (Å²) in [4.78, 5) is 22.6. The number of rotatable bonds is 3. The fourth-order valence-corrected chi connectivity index (χ4v) is 5.30. The Labute approximate surface area is 149 Å². The lowest BCUT2D eigenvalue weighted by atomic mass is 9.85. The summed E-state index contributed by atoms with van der Waals surface area (Å²) in [6.07, 6.45) is 8.96. The molecule has 0 bridgehead atoms. The van der Waals surface area contributed by atoms with Gasteiger partial charge in [0.05, 0.1) is 17.5 Å². The molecular formula is C17H26N4O3S. The minimum absolute atomic E-state index is 0.0276. The molecule has 0 aromatic carbocycles. The second-order valence-corrected chi connectivity index (χ2v) is 9.02. The second kappa shape index (κ2) is 7.37. The van der Waals surface area contributed by atoms with E-state index in [0.29, 0.717) is 36.8 Å². The summed E-state index contributed by atoms with van der Waals surface area (Å²) in [7, 11) is -3.17. The molecule has 8 heteroatoms.